The molecule has 0 radical (unpaired) electrons. The number of hydrogen-bond donors (Lipinski definition) is 0. The number of para-hydroxylation sites is 1. The first kappa shape index (κ1) is 22.9. The standard InChI is InChI=1S/C23H23FN4OS.ClH/c1-2-18-5-3-6-20-22(18)26-23(30-20)28(13-4-12-27-14-11-25-16-27)21(29)15-17-7-9-19(24)10-8-17;/h3,5-11,14,16H,2,4,12-13,15H2,1H3;1H. The number of aromatic nitrogens is 3. The Morgan fingerprint density at radius 1 is 1.19 bits per heavy atom. The van der Waals surface area contributed by atoms with Gasteiger partial charge in [-0.3, -0.25) is 9.69 Å². The van der Waals surface area contributed by atoms with E-state index in [-0.39, 0.29) is 30.6 Å². The molecule has 162 valence electrons. The third-order valence-corrected chi connectivity index (χ3v) is 6.07. The zero-order valence-electron chi connectivity index (χ0n) is 17.2. The van der Waals surface area contributed by atoms with E-state index in [2.05, 4.69) is 18.0 Å². The molecule has 4 rings (SSSR count). The Bertz CT molecular complexity index is 1130. The van der Waals surface area contributed by atoms with Gasteiger partial charge in [0.15, 0.2) is 5.13 Å². The van der Waals surface area contributed by atoms with E-state index >= 15 is 0 Å². The molecule has 0 unspecified atom stereocenters. The molecular formula is C23H24ClFN4OS. The van der Waals surface area contributed by atoms with Gasteiger partial charge >= 0.3 is 0 Å². The minimum atomic E-state index is -0.304. The van der Waals surface area contributed by atoms with Gasteiger partial charge in [-0.05, 0) is 42.2 Å². The van der Waals surface area contributed by atoms with Gasteiger partial charge in [0.25, 0.3) is 0 Å². The molecule has 0 aliphatic heterocycles. The first-order valence-corrected chi connectivity index (χ1v) is 10.8. The van der Waals surface area contributed by atoms with Gasteiger partial charge in [-0.1, -0.05) is 42.5 Å². The molecule has 0 saturated carbocycles. The molecule has 0 atom stereocenters. The molecular weight excluding hydrogens is 435 g/mol. The van der Waals surface area contributed by atoms with Gasteiger partial charge in [-0.25, -0.2) is 14.4 Å². The normalized spacial score (nSPS) is 10.8. The Morgan fingerprint density at radius 3 is 2.71 bits per heavy atom. The van der Waals surface area contributed by atoms with Crippen LogP contribution in [-0.2, 0) is 24.2 Å². The fourth-order valence-electron chi connectivity index (χ4n) is 3.42. The van der Waals surface area contributed by atoms with Gasteiger partial charge < -0.3 is 4.57 Å². The second-order valence-electron chi connectivity index (χ2n) is 7.12. The highest BCUT2D eigenvalue weighted by Crippen LogP contribution is 2.31. The molecule has 0 aliphatic rings. The summed E-state index contributed by atoms with van der Waals surface area (Å²) in [4.78, 5) is 23.9. The highest BCUT2D eigenvalue weighted by molar-refractivity contribution is 7.22. The third-order valence-electron chi connectivity index (χ3n) is 5.03. The number of anilines is 1. The maximum atomic E-state index is 13.2. The summed E-state index contributed by atoms with van der Waals surface area (Å²) < 4.78 is 16.3. The summed E-state index contributed by atoms with van der Waals surface area (Å²) >= 11 is 1.54. The predicted molar refractivity (Wildman–Crippen MR) is 126 cm³/mol. The van der Waals surface area contributed by atoms with Crippen LogP contribution in [0.3, 0.4) is 0 Å². The first-order valence-electron chi connectivity index (χ1n) is 10.0. The van der Waals surface area contributed by atoms with Crippen molar-refractivity contribution in [3.63, 3.8) is 0 Å². The largest absolute Gasteiger partial charge is 0.337 e. The van der Waals surface area contributed by atoms with E-state index in [9.17, 15) is 9.18 Å². The number of thiazole rings is 1. The Labute approximate surface area is 191 Å². The smallest absolute Gasteiger partial charge is 0.233 e. The van der Waals surface area contributed by atoms with E-state index in [1.807, 2.05) is 22.9 Å². The van der Waals surface area contributed by atoms with Crippen LogP contribution in [0.25, 0.3) is 10.2 Å². The number of imidazole rings is 1. The lowest BCUT2D eigenvalue weighted by Gasteiger charge is -2.20. The van der Waals surface area contributed by atoms with Crippen molar-refractivity contribution in [2.24, 2.45) is 0 Å². The quantitative estimate of drug-likeness (QED) is 0.361. The molecule has 0 aliphatic carbocycles. The summed E-state index contributed by atoms with van der Waals surface area (Å²) in [6, 6.07) is 12.2. The molecule has 0 fully saturated rings. The Balaban J connectivity index is 0.00000272. The van der Waals surface area contributed by atoms with Crippen LogP contribution in [0.2, 0.25) is 0 Å². The fourth-order valence-corrected chi connectivity index (χ4v) is 4.48. The van der Waals surface area contributed by atoms with E-state index in [0.717, 1.165) is 35.2 Å². The van der Waals surface area contributed by atoms with Crippen LogP contribution >= 0.6 is 23.7 Å². The summed E-state index contributed by atoms with van der Waals surface area (Å²) in [5.74, 6) is -0.342. The summed E-state index contributed by atoms with van der Waals surface area (Å²) in [6.45, 7) is 3.43. The lowest BCUT2D eigenvalue weighted by molar-refractivity contribution is -0.118. The second-order valence-corrected chi connectivity index (χ2v) is 8.13. The van der Waals surface area contributed by atoms with Crippen molar-refractivity contribution in [3.8, 4) is 0 Å². The summed E-state index contributed by atoms with van der Waals surface area (Å²) in [5, 5.41) is 0.712. The van der Waals surface area contributed by atoms with Crippen molar-refractivity contribution in [2.45, 2.75) is 32.7 Å². The Kier molecular flexibility index (Phi) is 7.76. The van der Waals surface area contributed by atoms with Crippen LogP contribution in [-0.4, -0.2) is 27.0 Å². The number of rotatable bonds is 8. The van der Waals surface area contributed by atoms with E-state index in [4.69, 9.17) is 4.98 Å². The number of carbonyl (C=O) groups is 1. The lowest BCUT2D eigenvalue weighted by Crippen LogP contribution is -2.33. The molecule has 0 saturated heterocycles. The fraction of sp³-hybridized carbons (Fsp3) is 0.261. The van der Waals surface area contributed by atoms with E-state index in [1.54, 1.807) is 29.6 Å². The molecule has 0 spiro atoms. The SMILES string of the molecule is CCc1cccc2sc(N(CCCn3ccnc3)C(=O)Cc3ccc(F)cc3)nc12.Cl. The van der Waals surface area contributed by atoms with Gasteiger partial charge in [0.1, 0.15) is 5.82 Å². The molecule has 2 heterocycles. The number of halogens is 2. The molecule has 1 amide bonds. The summed E-state index contributed by atoms with van der Waals surface area (Å²) in [5.41, 5.74) is 2.94. The molecule has 0 bridgehead atoms. The minimum absolute atomic E-state index is 0. The second kappa shape index (κ2) is 10.5. The van der Waals surface area contributed by atoms with Crippen LogP contribution in [0, 0.1) is 5.82 Å². The molecule has 5 nitrogen and oxygen atoms in total. The van der Waals surface area contributed by atoms with Gasteiger partial charge in [0.2, 0.25) is 5.91 Å². The van der Waals surface area contributed by atoms with Gasteiger partial charge in [-0.2, -0.15) is 0 Å². The number of nitrogens with zero attached hydrogens (tertiary/aromatic N) is 4. The highest BCUT2D eigenvalue weighted by atomic mass is 35.5. The lowest BCUT2D eigenvalue weighted by atomic mass is 10.1. The number of aryl methyl sites for hydroxylation is 2. The number of benzene rings is 2. The van der Waals surface area contributed by atoms with Crippen LogP contribution in [0.5, 0.6) is 0 Å². The number of carbonyl (C=O) groups excluding carboxylic acids is 1. The number of fused-ring (bicyclic) bond motifs is 1. The number of hydrogen-bond acceptors (Lipinski definition) is 4. The van der Waals surface area contributed by atoms with E-state index < -0.39 is 0 Å². The third kappa shape index (κ3) is 5.48. The van der Waals surface area contributed by atoms with Crippen molar-refractivity contribution in [2.75, 3.05) is 11.4 Å². The maximum absolute atomic E-state index is 13.2. The Morgan fingerprint density at radius 2 is 2.00 bits per heavy atom. The van der Waals surface area contributed by atoms with Crippen molar-refractivity contribution < 1.29 is 9.18 Å². The zero-order chi connectivity index (χ0) is 20.9. The van der Waals surface area contributed by atoms with Gasteiger partial charge in [0, 0.05) is 25.5 Å². The summed E-state index contributed by atoms with van der Waals surface area (Å²) in [6.07, 6.45) is 7.32. The van der Waals surface area contributed by atoms with E-state index in [0.29, 0.717) is 11.7 Å². The average molecular weight is 459 g/mol. The topological polar surface area (TPSA) is 51.0 Å². The zero-order valence-corrected chi connectivity index (χ0v) is 18.8. The molecule has 8 heteroatoms. The van der Waals surface area contributed by atoms with Crippen molar-refractivity contribution >= 4 is 45.0 Å². The summed E-state index contributed by atoms with van der Waals surface area (Å²) in [7, 11) is 0. The first-order chi connectivity index (χ1) is 14.6. The van der Waals surface area contributed by atoms with Crippen molar-refractivity contribution in [1.29, 1.82) is 0 Å². The number of amides is 1. The minimum Gasteiger partial charge on any atom is -0.337 e. The molecule has 31 heavy (non-hydrogen) atoms. The molecule has 0 N–H and O–H groups in total. The van der Waals surface area contributed by atoms with E-state index in [1.165, 1.54) is 29.0 Å². The predicted octanol–water partition coefficient (Wildman–Crippen LogP) is 5.28. The Hall–Kier alpha value is -2.77. The van der Waals surface area contributed by atoms with Crippen LogP contribution in [0.4, 0.5) is 9.52 Å². The monoisotopic (exact) mass is 458 g/mol. The molecule has 2 aromatic carbocycles. The van der Waals surface area contributed by atoms with Crippen LogP contribution in [0.1, 0.15) is 24.5 Å². The molecule has 4 aromatic rings. The van der Waals surface area contributed by atoms with Crippen LogP contribution in [0.15, 0.2) is 61.2 Å². The van der Waals surface area contributed by atoms with Crippen LogP contribution < -0.4 is 4.90 Å². The van der Waals surface area contributed by atoms with Gasteiger partial charge in [0.05, 0.1) is 23.0 Å². The van der Waals surface area contributed by atoms with Gasteiger partial charge in [-0.15, -0.1) is 12.4 Å². The van der Waals surface area contributed by atoms with Crippen molar-refractivity contribution in [1.82, 2.24) is 14.5 Å². The van der Waals surface area contributed by atoms with Crippen molar-refractivity contribution in [3.05, 3.63) is 78.1 Å². The maximum Gasteiger partial charge on any atom is 0.233 e. The average Bonchev–Trinajstić information content (AvgIpc) is 3.42. The molecule has 2 aromatic heterocycles. The highest BCUT2D eigenvalue weighted by Gasteiger charge is 2.20.